The number of hydrogen-bond acceptors (Lipinski definition) is 2. The molecule has 0 aliphatic heterocycles. The first-order chi connectivity index (χ1) is 14.6. The molecule has 1 aromatic heterocycles. The van der Waals surface area contributed by atoms with E-state index in [9.17, 15) is 0 Å². The van der Waals surface area contributed by atoms with Crippen molar-refractivity contribution < 1.29 is 0 Å². The number of nitrogens with one attached hydrogen (secondary N) is 1. The van der Waals surface area contributed by atoms with Crippen LogP contribution in [0.25, 0.3) is 11.3 Å². The molecule has 0 bridgehead atoms. The van der Waals surface area contributed by atoms with Gasteiger partial charge in [0.25, 0.3) is 0 Å². The van der Waals surface area contributed by atoms with E-state index in [0.29, 0.717) is 0 Å². The Morgan fingerprint density at radius 3 is 2.57 bits per heavy atom. The summed E-state index contributed by atoms with van der Waals surface area (Å²) in [4.78, 5) is 4.73. The second-order valence-electron chi connectivity index (χ2n) is 8.59. The fourth-order valence-electron chi connectivity index (χ4n) is 4.58. The zero-order valence-electron chi connectivity index (χ0n) is 18.3. The predicted octanol–water partition coefficient (Wildman–Crippen LogP) is 7.63. The molecule has 1 fully saturated rings. The van der Waals surface area contributed by atoms with E-state index in [1.54, 1.807) is 0 Å². The van der Waals surface area contributed by atoms with Crippen LogP contribution >= 0.6 is 0 Å². The largest absolute Gasteiger partial charge is 0.357 e. The summed E-state index contributed by atoms with van der Waals surface area (Å²) < 4.78 is 0. The average Bonchev–Trinajstić information content (AvgIpc) is 3.49. The Kier molecular flexibility index (Phi) is 5.76. The number of benzene rings is 1. The molecule has 154 valence electrons. The van der Waals surface area contributed by atoms with Gasteiger partial charge in [0.1, 0.15) is 0 Å². The van der Waals surface area contributed by atoms with Crippen molar-refractivity contribution in [3.8, 4) is 11.3 Å². The lowest BCUT2D eigenvalue weighted by molar-refractivity contribution is 0.752. The number of rotatable bonds is 8. The monoisotopic (exact) mass is 396 g/mol. The Labute approximate surface area is 181 Å². The predicted molar refractivity (Wildman–Crippen MR) is 128 cm³/mol. The van der Waals surface area contributed by atoms with Crippen molar-refractivity contribution in [2.24, 2.45) is 5.41 Å². The van der Waals surface area contributed by atoms with E-state index in [1.807, 2.05) is 12.3 Å². The van der Waals surface area contributed by atoms with E-state index in [-0.39, 0.29) is 5.41 Å². The molecule has 2 nitrogen and oxygen atoms in total. The summed E-state index contributed by atoms with van der Waals surface area (Å²) >= 11 is 0. The molecule has 4 rings (SSSR count). The first-order valence-electron chi connectivity index (χ1n) is 11.1. The van der Waals surface area contributed by atoms with Crippen LogP contribution in [0.15, 0.2) is 90.3 Å². The summed E-state index contributed by atoms with van der Waals surface area (Å²) in [5.74, 6) is 0. The number of anilines is 1. The SMILES string of the molecule is C=C/C(=C\C1=C(C)CCC1)C1(C(=C)Nc2ccc(-c3ccccc3CC)nc2)CC1. The van der Waals surface area contributed by atoms with Crippen LogP contribution < -0.4 is 5.32 Å². The van der Waals surface area contributed by atoms with Gasteiger partial charge in [0.2, 0.25) is 0 Å². The Bertz CT molecular complexity index is 1020. The van der Waals surface area contributed by atoms with Gasteiger partial charge in [-0.1, -0.05) is 62.1 Å². The lowest BCUT2D eigenvalue weighted by Crippen LogP contribution is -2.14. The molecule has 2 aliphatic rings. The van der Waals surface area contributed by atoms with Crippen molar-refractivity contribution in [1.82, 2.24) is 4.98 Å². The van der Waals surface area contributed by atoms with Gasteiger partial charge in [-0.25, -0.2) is 0 Å². The minimum absolute atomic E-state index is 0.00506. The Hall–Kier alpha value is -2.87. The molecular weight excluding hydrogens is 364 g/mol. The minimum atomic E-state index is 0.00506. The van der Waals surface area contributed by atoms with E-state index >= 15 is 0 Å². The summed E-state index contributed by atoms with van der Waals surface area (Å²) in [6.45, 7) is 13.0. The lowest BCUT2D eigenvalue weighted by atomic mass is 9.90. The molecule has 30 heavy (non-hydrogen) atoms. The standard InChI is InChI=1S/C28H32N2/c1-5-22-11-7-8-13-26(22)27-15-14-25(19-29-27)30-21(4)28(16-17-28)24(6-2)18-23-12-9-10-20(23)3/h6-8,11,13-15,18-19,30H,2,4-5,9-10,12,16-17H2,1,3H3/b24-18+. The molecular formula is C28H32N2. The maximum atomic E-state index is 4.73. The van der Waals surface area contributed by atoms with Gasteiger partial charge in [0.15, 0.2) is 0 Å². The van der Waals surface area contributed by atoms with Gasteiger partial charge in [0, 0.05) is 16.7 Å². The smallest absolute Gasteiger partial charge is 0.0706 e. The summed E-state index contributed by atoms with van der Waals surface area (Å²) in [5, 5.41) is 3.54. The number of pyridine rings is 1. The van der Waals surface area contributed by atoms with E-state index in [2.05, 4.69) is 74.8 Å². The fourth-order valence-corrected chi connectivity index (χ4v) is 4.58. The van der Waals surface area contributed by atoms with E-state index < -0.39 is 0 Å². The van der Waals surface area contributed by atoms with Gasteiger partial charge in [-0.2, -0.15) is 0 Å². The van der Waals surface area contributed by atoms with Gasteiger partial charge in [-0.3, -0.25) is 4.98 Å². The van der Waals surface area contributed by atoms with Crippen LogP contribution in [-0.4, -0.2) is 4.98 Å². The molecule has 0 amide bonds. The van der Waals surface area contributed by atoms with Gasteiger partial charge in [0.05, 0.1) is 17.6 Å². The van der Waals surface area contributed by atoms with Crippen LogP contribution in [0.5, 0.6) is 0 Å². The second-order valence-corrected chi connectivity index (χ2v) is 8.59. The molecule has 0 atom stereocenters. The van der Waals surface area contributed by atoms with Crippen LogP contribution in [0.2, 0.25) is 0 Å². The first-order valence-corrected chi connectivity index (χ1v) is 11.1. The number of nitrogens with zero attached hydrogens (tertiary/aromatic N) is 1. The van der Waals surface area contributed by atoms with Crippen LogP contribution in [0, 0.1) is 5.41 Å². The molecule has 2 aliphatic carbocycles. The zero-order chi connectivity index (χ0) is 21.1. The lowest BCUT2D eigenvalue weighted by Gasteiger charge is -2.22. The first kappa shape index (κ1) is 20.4. The van der Waals surface area contributed by atoms with Gasteiger partial charge >= 0.3 is 0 Å². The Morgan fingerprint density at radius 2 is 1.97 bits per heavy atom. The highest BCUT2D eigenvalue weighted by molar-refractivity contribution is 5.65. The normalized spacial score (nSPS) is 17.7. The van der Waals surface area contributed by atoms with Crippen LogP contribution in [-0.2, 0) is 6.42 Å². The molecule has 1 N–H and O–H groups in total. The topological polar surface area (TPSA) is 24.9 Å². The van der Waals surface area contributed by atoms with Crippen molar-refractivity contribution in [2.45, 2.75) is 52.4 Å². The molecule has 0 spiro atoms. The Morgan fingerprint density at radius 1 is 1.17 bits per heavy atom. The molecule has 2 aromatic rings. The minimum Gasteiger partial charge on any atom is -0.357 e. The molecule has 1 saturated carbocycles. The Balaban J connectivity index is 1.52. The third kappa shape index (κ3) is 3.92. The molecule has 1 heterocycles. The summed E-state index contributed by atoms with van der Waals surface area (Å²) in [6.07, 6.45) is 13.3. The highest BCUT2D eigenvalue weighted by Gasteiger charge is 2.47. The summed E-state index contributed by atoms with van der Waals surface area (Å²) in [5.41, 5.74) is 9.91. The quantitative estimate of drug-likeness (QED) is 0.464. The molecule has 1 aromatic carbocycles. The number of allylic oxidation sites excluding steroid dienone is 5. The maximum Gasteiger partial charge on any atom is 0.0706 e. The van der Waals surface area contributed by atoms with Crippen molar-refractivity contribution in [3.63, 3.8) is 0 Å². The third-order valence-electron chi connectivity index (χ3n) is 6.71. The van der Waals surface area contributed by atoms with Gasteiger partial charge in [-0.15, -0.1) is 0 Å². The molecule has 2 heteroatoms. The van der Waals surface area contributed by atoms with Crippen molar-refractivity contribution in [2.75, 3.05) is 5.32 Å². The van der Waals surface area contributed by atoms with Crippen molar-refractivity contribution in [3.05, 3.63) is 95.9 Å². The zero-order valence-corrected chi connectivity index (χ0v) is 18.3. The molecule has 0 unspecified atom stereocenters. The highest BCUT2D eigenvalue weighted by atomic mass is 14.9. The maximum absolute atomic E-state index is 4.73. The summed E-state index contributed by atoms with van der Waals surface area (Å²) in [6, 6.07) is 12.7. The number of hydrogen-bond donors (Lipinski definition) is 1. The average molecular weight is 397 g/mol. The number of aryl methyl sites for hydroxylation is 1. The highest BCUT2D eigenvalue weighted by Crippen LogP contribution is 2.57. The van der Waals surface area contributed by atoms with Crippen LogP contribution in [0.3, 0.4) is 0 Å². The van der Waals surface area contributed by atoms with E-state index in [1.165, 1.54) is 47.1 Å². The van der Waals surface area contributed by atoms with Crippen LogP contribution in [0.1, 0.15) is 51.5 Å². The molecule has 0 radical (unpaired) electrons. The van der Waals surface area contributed by atoms with Gasteiger partial charge in [-0.05, 0) is 74.3 Å². The number of aromatic nitrogens is 1. The van der Waals surface area contributed by atoms with E-state index in [4.69, 9.17) is 4.98 Å². The third-order valence-corrected chi connectivity index (χ3v) is 6.71. The van der Waals surface area contributed by atoms with Gasteiger partial charge < -0.3 is 5.32 Å². The van der Waals surface area contributed by atoms with E-state index in [0.717, 1.165) is 36.3 Å². The molecule has 0 saturated heterocycles. The van der Waals surface area contributed by atoms with Crippen molar-refractivity contribution in [1.29, 1.82) is 0 Å². The summed E-state index contributed by atoms with van der Waals surface area (Å²) in [7, 11) is 0. The van der Waals surface area contributed by atoms with Crippen molar-refractivity contribution >= 4 is 5.69 Å². The fraction of sp³-hybridized carbons (Fsp3) is 0.321. The second kappa shape index (κ2) is 8.47. The van der Waals surface area contributed by atoms with Crippen LogP contribution in [0.4, 0.5) is 5.69 Å².